The highest BCUT2D eigenvalue weighted by molar-refractivity contribution is 4.95. The molecule has 76 valence electrons. The van der Waals surface area contributed by atoms with Gasteiger partial charge < -0.3 is 5.11 Å². The second-order valence-electron chi connectivity index (χ2n) is 4.35. The molecule has 1 N–H and O–H groups in total. The van der Waals surface area contributed by atoms with Crippen molar-refractivity contribution in [3.63, 3.8) is 0 Å². The molecule has 1 saturated carbocycles. The summed E-state index contributed by atoms with van der Waals surface area (Å²) < 4.78 is 0. The van der Waals surface area contributed by atoms with E-state index in [0.717, 1.165) is 25.2 Å². The van der Waals surface area contributed by atoms with Crippen molar-refractivity contribution in [2.45, 2.75) is 58.0 Å². The molecule has 0 amide bonds. The summed E-state index contributed by atoms with van der Waals surface area (Å²) in [6, 6.07) is 0. The highest BCUT2D eigenvalue weighted by Crippen LogP contribution is 2.29. The van der Waals surface area contributed by atoms with Crippen molar-refractivity contribution in [2.24, 2.45) is 5.92 Å². The molecule has 0 aromatic rings. The van der Waals surface area contributed by atoms with Gasteiger partial charge in [0.15, 0.2) is 0 Å². The van der Waals surface area contributed by atoms with Crippen LogP contribution in [0, 0.1) is 5.92 Å². The van der Waals surface area contributed by atoms with Crippen molar-refractivity contribution in [1.82, 2.24) is 0 Å². The number of aliphatic hydroxyl groups excluding tert-OH is 1. The van der Waals surface area contributed by atoms with Crippen LogP contribution < -0.4 is 0 Å². The SMILES string of the molecule is C=C(CC)CC(O)CC1CCCC1. The molecule has 1 fully saturated rings. The molecule has 0 saturated heterocycles. The molecule has 0 radical (unpaired) electrons. The summed E-state index contributed by atoms with van der Waals surface area (Å²) in [6.07, 6.45) is 8.08. The van der Waals surface area contributed by atoms with Gasteiger partial charge in [-0.05, 0) is 25.2 Å². The Morgan fingerprint density at radius 3 is 2.62 bits per heavy atom. The van der Waals surface area contributed by atoms with Crippen molar-refractivity contribution < 1.29 is 5.11 Å². The van der Waals surface area contributed by atoms with Crippen molar-refractivity contribution in [2.75, 3.05) is 0 Å². The molecule has 13 heavy (non-hydrogen) atoms. The monoisotopic (exact) mass is 182 g/mol. The summed E-state index contributed by atoms with van der Waals surface area (Å²) >= 11 is 0. The zero-order valence-electron chi connectivity index (χ0n) is 8.76. The lowest BCUT2D eigenvalue weighted by molar-refractivity contribution is 0.142. The van der Waals surface area contributed by atoms with Crippen LogP contribution in [0.5, 0.6) is 0 Å². The molecule has 1 rings (SSSR count). The Hall–Kier alpha value is -0.300. The third-order valence-electron chi connectivity index (χ3n) is 3.10. The second-order valence-corrected chi connectivity index (χ2v) is 4.35. The third-order valence-corrected chi connectivity index (χ3v) is 3.10. The minimum atomic E-state index is -0.129. The summed E-state index contributed by atoms with van der Waals surface area (Å²) in [5, 5.41) is 9.75. The predicted octanol–water partition coefficient (Wildman–Crippen LogP) is 3.28. The average molecular weight is 182 g/mol. The van der Waals surface area contributed by atoms with E-state index in [-0.39, 0.29) is 6.10 Å². The van der Waals surface area contributed by atoms with Gasteiger partial charge in [0.25, 0.3) is 0 Å². The van der Waals surface area contributed by atoms with Crippen molar-refractivity contribution in [3.8, 4) is 0 Å². The predicted molar refractivity (Wildman–Crippen MR) is 56.6 cm³/mol. The molecule has 1 nitrogen and oxygen atoms in total. The Kier molecular flexibility index (Phi) is 4.51. The topological polar surface area (TPSA) is 20.2 Å². The minimum absolute atomic E-state index is 0.129. The van der Waals surface area contributed by atoms with Gasteiger partial charge in [-0.2, -0.15) is 0 Å². The van der Waals surface area contributed by atoms with Gasteiger partial charge >= 0.3 is 0 Å². The lowest BCUT2D eigenvalue weighted by atomic mass is 9.96. The molecule has 0 heterocycles. The molecule has 1 unspecified atom stereocenters. The van der Waals surface area contributed by atoms with Crippen molar-refractivity contribution >= 4 is 0 Å². The molecule has 1 atom stereocenters. The number of rotatable bonds is 5. The lowest BCUT2D eigenvalue weighted by Gasteiger charge is -2.15. The van der Waals surface area contributed by atoms with Crippen LogP contribution in [0.1, 0.15) is 51.9 Å². The first kappa shape index (κ1) is 10.8. The van der Waals surface area contributed by atoms with Crippen LogP contribution in [0.3, 0.4) is 0 Å². The number of hydrogen-bond donors (Lipinski definition) is 1. The molecule has 1 aliphatic carbocycles. The lowest BCUT2D eigenvalue weighted by Crippen LogP contribution is -2.12. The molecule has 0 aliphatic heterocycles. The summed E-state index contributed by atoms with van der Waals surface area (Å²) in [6.45, 7) is 6.03. The van der Waals surface area contributed by atoms with Crippen molar-refractivity contribution in [3.05, 3.63) is 12.2 Å². The maximum absolute atomic E-state index is 9.75. The summed E-state index contributed by atoms with van der Waals surface area (Å²) in [5.41, 5.74) is 1.19. The Balaban J connectivity index is 2.16. The van der Waals surface area contributed by atoms with Crippen LogP contribution in [0.2, 0.25) is 0 Å². The maximum Gasteiger partial charge on any atom is 0.0579 e. The molecular formula is C12H22O. The van der Waals surface area contributed by atoms with E-state index in [1.165, 1.54) is 31.3 Å². The van der Waals surface area contributed by atoms with E-state index in [2.05, 4.69) is 13.5 Å². The first-order chi connectivity index (χ1) is 6.22. The fraction of sp³-hybridized carbons (Fsp3) is 0.833. The first-order valence-electron chi connectivity index (χ1n) is 5.57. The van der Waals surface area contributed by atoms with E-state index in [1.54, 1.807) is 0 Å². The summed E-state index contributed by atoms with van der Waals surface area (Å²) in [4.78, 5) is 0. The van der Waals surface area contributed by atoms with Gasteiger partial charge in [0.1, 0.15) is 0 Å². The number of hydrogen-bond acceptors (Lipinski definition) is 1. The second kappa shape index (κ2) is 5.43. The highest BCUT2D eigenvalue weighted by Gasteiger charge is 2.18. The average Bonchev–Trinajstić information content (AvgIpc) is 2.56. The van der Waals surface area contributed by atoms with Crippen LogP contribution in [0.4, 0.5) is 0 Å². The number of aliphatic hydroxyl groups is 1. The third kappa shape index (κ3) is 3.95. The van der Waals surface area contributed by atoms with Crippen LogP contribution >= 0.6 is 0 Å². The van der Waals surface area contributed by atoms with Crippen LogP contribution in [0.15, 0.2) is 12.2 Å². The van der Waals surface area contributed by atoms with Crippen LogP contribution in [-0.4, -0.2) is 11.2 Å². The largest absolute Gasteiger partial charge is 0.393 e. The molecule has 0 bridgehead atoms. The van der Waals surface area contributed by atoms with E-state index in [1.807, 2.05) is 0 Å². The van der Waals surface area contributed by atoms with Gasteiger partial charge in [0.2, 0.25) is 0 Å². The maximum atomic E-state index is 9.75. The van der Waals surface area contributed by atoms with E-state index in [0.29, 0.717) is 0 Å². The molecule has 1 heteroatoms. The molecule has 0 aromatic heterocycles. The molecule has 1 aliphatic rings. The summed E-state index contributed by atoms with van der Waals surface area (Å²) in [7, 11) is 0. The fourth-order valence-electron chi connectivity index (χ4n) is 2.19. The smallest absolute Gasteiger partial charge is 0.0579 e. The minimum Gasteiger partial charge on any atom is -0.393 e. The van der Waals surface area contributed by atoms with Gasteiger partial charge in [-0.25, -0.2) is 0 Å². The van der Waals surface area contributed by atoms with Crippen molar-refractivity contribution in [1.29, 1.82) is 0 Å². The first-order valence-corrected chi connectivity index (χ1v) is 5.57. The Morgan fingerprint density at radius 1 is 1.46 bits per heavy atom. The molecular weight excluding hydrogens is 160 g/mol. The van der Waals surface area contributed by atoms with E-state index in [4.69, 9.17) is 0 Å². The van der Waals surface area contributed by atoms with Crippen LogP contribution in [0.25, 0.3) is 0 Å². The zero-order chi connectivity index (χ0) is 9.68. The zero-order valence-corrected chi connectivity index (χ0v) is 8.76. The van der Waals surface area contributed by atoms with E-state index >= 15 is 0 Å². The fourth-order valence-corrected chi connectivity index (χ4v) is 2.19. The van der Waals surface area contributed by atoms with E-state index < -0.39 is 0 Å². The van der Waals surface area contributed by atoms with E-state index in [9.17, 15) is 5.11 Å². The van der Waals surface area contributed by atoms with Gasteiger partial charge in [-0.15, -0.1) is 0 Å². The van der Waals surface area contributed by atoms with Gasteiger partial charge in [-0.3, -0.25) is 0 Å². The van der Waals surface area contributed by atoms with Gasteiger partial charge in [0.05, 0.1) is 6.10 Å². The normalized spacial score (nSPS) is 20.5. The van der Waals surface area contributed by atoms with Gasteiger partial charge in [0, 0.05) is 0 Å². The molecule has 0 aromatic carbocycles. The Labute approximate surface area is 81.9 Å². The van der Waals surface area contributed by atoms with Gasteiger partial charge in [-0.1, -0.05) is 44.8 Å². The Morgan fingerprint density at radius 2 is 2.08 bits per heavy atom. The summed E-state index contributed by atoms with van der Waals surface area (Å²) in [5.74, 6) is 0.791. The standard InChI is InChI=1S/C12H22O/c1-3-10(2)8-12(13)9-11-6-4-5-7-11/h11-13H,2-9H2,1H3. The quantitative estimate of drug-likeness (QED) is 0.647. The van der Waals surface area contributed by atoms with Crippen LogP contribution in [-0.2, 0) is 0 Å². The Bertz CT molecular complexity index is 157. The highest BCUT2D eigenvalue weighted by atomic mass is 16.3. The molecule has 0 spiro atoms.